The maximum absolute atomic E-state index is 11.7. The van der Waals surface area contributed by atoms with Gasteiger partial charge in [0.1, 0.15) is 30.2 Å². The maximum Gasteiger partial charge on any atom is 0.340 e. The number of nitrogen functional groups attached to an aromatic ring is 1. The summed E-state index contributed by atoms with van der Waals surface area (Å²) in [5.41, 5.74) is 6.17. The molecule has 1 aliphatic heterocycles. The number of ether oxygens (including phenoxy) is 1. The van der Waals surface area contributed by atoms with Gasteiger partial charge in [-0.1, -0.05) is 0 Å². The highest BCUT2D eigenvalue weighted by Crippen LogP contribution is 2.55. The van der Waals surface area contributed by atoms with Gasteiger partial charge in [-0.05, 0) is 0 Å². The van der Waals surface area contributed by atoms with E-state index < -0.39 is 52.2 Å². The van der Waals surface area contributed by atoms with E-state index in [0.29, 0.717) is 0 Å². The zero-order valence-electron chi connectivity index (χ0n) is 13.5. The van der Waals surface area contributed by atoms with Crippen molar-refractivity contribution in [3.05, 3.63) is 12.7 Å². The first kappa shape index (κ1) is 20.3. The van der Waals surface area contributed by atoms with Crippen molar-refractivity contribution in [2.45, 2.75) is 24.5 Å². The highest BCUT2D eigenvalue weighted by Gasteiger charge is 2.45. The lowest BCUT2D eigenvalue weighted by atomic mass is 10.1. The maximum atomic E-state index is 11.7. The fourth-order valence-electron chi connectivity index (χ4n) is 2.62. The number of aliphatic hydroxyl groups is 2. The third kappa shape index (κ3) is 4.35. The Morgan fingerprint density at radius 1 is 1.19 bits per heavy atom. The molecule has 3 heterocycles. The predicted molar refractivity (Wildman–Crippen MR) is 88.3 cm³/mol. The molecule has 16 heteroatoms. The van der Waals surface area contributed by atoms with Crippen LogP contribution in [0.25, 0.3) is 11.2 Å². The Labute approximate surface area is 151 Å². The number of nitrogens with two attached hydrogens (primary N) is 1. The number of nitrogens with zero attached hydrogens (tertiary/aromatic N) is 4. The molecule has 150 valence electrons. The molecule has 0 spiro atoms. The van der Waals surface area contributed by atoms with E-state index in [9.17, 15) is 24.2 Å². The second kappa shape index (κ2) is 7.17. The van der Waals surface area contributed by atoms with E-state index in [2.05, 4.69) is 19.5 Å². The predicted octanol–water partition coefficient (Wildman–Crippen LogP) is -1.64. The Kier molecular flexibility index (Phi) is 5.38. The van der Waals surface area contributed by atoms with Crippen molar-refractivity contribution in [1.82, 2.24) is 19.5 Å². The van der Waals surface area contributed by atoms with Gasteiger partial charge in [-0.2, -0.15) is 0 Å². The molecule has 2 aromatic rings. The molecule has 0 bridgehead atoms. The van der Waals surface area contributed by atoms with Gasteiger partial charge in [0.05, 0.1) is 12.9 Å². The van der Waals surface area contributed by atoms with Crippen LogP contribution in [0.2, 0.25) is 0 Å². The molecule has 7 N–H and O–H groups in total. The average molecular weight is 425 g/mol. The third-order valence-electron chi connectivity index (χ3n) is 3.80. The first-order chi connectivity index (χ1) is 12.5. The van der Waals surface area contributed by atoms with Crippen LogP contribution in [-0.4, -0.2) is 75.2 Å². The van der Waals surface area contributed by atoms with E-state index in [1.165, 1.54) is 17.2 Å². The van der Waals surface area contributed by atoms with Crippen molar-refractivity contribution < 1.29 is 43.3 Å². The number of fused-ring (bicyclic) bond motifs is 1. The molecule has 0 amide bonds. The summed E-state index contributed by atoms with van der Waals surface area (Å²) in [4.78, 5) is 38.8. The van der Waals surface area contributed by atoms with Crippen molar-refractivity contribution in [2.75, 3.05) is 18.2 Å². The lowest BCUT2D eigenvalue weighted by Gasteiger charge is -2.18. The molecule has 1 aliphatic rings. The van der Waals surface area contributed by atoms with Crippen LogP contribution in [0.4, 0.5) is 5.82 Å². The van der Waals surface area contributed by atoms with Crippen molar-refractivity contribution in [3.8, 4) is 0 Å². The molecule has 0 aliphatic carbocycles. The molecule has 1 fully saturated rings. The number of hydrogen-bond acceptors (Lipinski definition) is 10. The molecule has 27 heavy (non-hydrogen) atoms. The molecule has 5 atom stereocenters. The van der Waals surface area contributed by atoms with Gasteiger partial charge in [-0.3, -0.25) is 13.7 Å². The second-order valence-corrected chi connectivity index (χ2v) is 9.86. The number of imidazole rings is 1. The van der Waals surface area contributed by atoms with Gasteiger partial charge in [0, 0.05) is 0 Å². The fraction of sp³-hybridized carbons (Fsp3) is 0.545. The van der Waals surface area contributed by atoms with Gasteiger partial charge >= 0.3 is 15.2 Å². The molecule has 1 saturated heterocycles. The molecule has 0 saturated carbocycles. The lowest BCUT2D eigenvalue weighted by Crippen LogP contribution is -2.33. The Morgan fingerprint density at radius 2 is 1.89 bits per heavy atom. The SMILES string of the molecule is Nc1ncnc2c1ncn2[C@H]1O[C@@H](COP(=O)(O)CP(=O)(O)O)[C@H](O)[C@@H]1O. The zero-order valence-corrected chi connectivity index (χ0v) is 15.3. The monoisotopic (exact) mass is 425 g/mol. The summed E-state index contributed by atoms with van der Waals surface area (Å²) in [5, 5.41) is 20.3. The van der Waals surface area contributed by atoms with Crippen LogP contribution < -0.4 is 5.73 Å². The number of hydrogen-bond donors (Lipinski definition) is 6. The minimum Gasteiger partial charge on any atom is -0.387 e. The molecule has 3 rings (SSSR count). The van der Waals surface area contributed by atoms with E-state index >= 15 is 0 Å². The molecule has 14 nitrogen and oxygen atoms in total. The zero-order chi connectivity index (χ0) is 20.0. The van der Waals surface area contributed by atoms with E-state index in [-0.39, 0.29) is 17.0 Å². The van der Waals surface area contributed by atoms with Crippen molar-refractivity contribution in [3.63, 3.8) is 0 Å². The van der Waals surface area contributed by atoms with Crippen molar-refractivity contribution in [1.29, 1.82) is 0 Å². The van der Waals surface area contributed by atoms with E-state index in [4.69, 9.17) is 20.3 Å². The van der Waals surface area contributed by atoms with Crippen molar-refractivity contribution >= 4 is 32.2 Å². The lowest BCUT2D eigenvalue weighted by molar-refractivity contribution is -0.0483. The molecule has 2 aromatic heterocycles. The number of rotatable bonds is 6. The largest absolute Gasteiger partial charge is 0.387 e. The van der Waals surface area contributed by atoms with E-state index in [1.54, 1.807) is 0 Å². The van der Waals surface area contributed by atoms with Crippen LogP contribution >= 0.6 is 15.2 Å². The molecule has 1 unspecified atom stereocenters. The molecule has 0 radical (unpaired) electrons. The third-order valence-corrected chi connectivity index (χ3v) is 7.26. The standard InChI is InChI=1S/C11H17N5O9P2/c12-9-6-10(14-2-13-9)16(3-15-6)11-8(18)7(17)5(25-11)1-24-27(22,23)4-26(19,20)21/h2-3,5,7-8,11,17-18H,1,4H2,(H,22,23)(H2,12,13,14)(H2,19,20,21)/t5-,7-,8-,11-/m0/s1. The van der Waals surface area contributed by atoms with Crippen LogP contribution in [0.15, 0.2) is 12.7 Å². The Balaban J connectivity index is 1.75. The first-order valence-corrected chi connectivity index (χ1v) is 11.0. The minimum absolute atomic E-state index is 0.102. The number of aromatic nitrogens is 4. The first-order valence-electron chi connectivity index (χ1n) is 7.44. The Bertz CT molecular complexity index is 932. The number of aliphatic hydroxyl groups excluding tert-OH is 2. The van der Waals surface area contributed by atoms with Crippen LogP contribution in [0, 0.1) is 0 Å². The van der Waals surface area contributed by atoms with Gasteiger partial charge in [0.15, 0.2) is 23.6 Å². The van der Waals surface area contributed by atoms with Gasteiger partial charge in [-0.25, -0.2) is 15.0 Å². The van der Waals surface area contributed by atoms with E-state index in [0.717, 1.165) is 0 Å². The molecule has 0 aromatic carbocycles. The van der Waals surface area contributed by atoms with Crippen LogP contribution in [0.5, 0.6) is 0 Å². The van der Waals surface area contributed by atoms with E-state index in [1.807, 2.05) is 0 Å². The molecular formula is C11H17N5O9P2. The smallest absolute Gasteiger partial charge is 0.340 e. The highest BCUT2D eigenvalue weighted by molar-refractivity contribution is 7.70. The normalized spacial score (nSPS) is 28.5. The van der Waals surface area contributed by atoms with Gasteiger partial charge < -0.3 is 39.9 Å². The summed E-state index contributed by atoms with van der Waals surface area (Å²) in [6.45, 7) is -0.688. The minimum atomic E-state index is -4.79. The van der Waals surface area contributed by atoms with Crippen LogP contribution in [-0.2, 0) is 18.4 Å². The van der Waals surface area contributed by atoms with Crippen LogP contribution in [0.3, 0.4) is 0 Å². The molecular weight excluding hydrogens is 408 g/mol. The summed E-state index contributed by atoms with van der Waals surface area (Å²) in [5.74, 6) is -1.28. The van der Waals surface area contributed by atoms with Gasteiger partial charge in [0.2, 0.25) is 0 Å². The van der Waals surface area contributed by atoms with Gasteiger partial charge in [0.25, 0.3) is 0 Å². The van der Waals surface area contributed by atoms with Crippen molar-refractivity contribution in [2.24, 2.45) is 0 Å². The number of anilines is 1. The fourth-order valence-corrected chi connectivity index (χ4v) is 5.19. The summed E-state index contributed by atoms with van der Waals surface area (Å²) in [7, 11) is -9.42. The summed E-state index contributed by atoms with van der Waals surface area (Å²) >= 11 is 0. The Hall–Kier alpha value is -1.47. The summed E-state index contributed by atoms with van der Waals surface area (Å²) < 4.78 is 33.9. The Morgan fingerprint density at radius 3 is 2.56 bits per heavy atom. The quantitative estimate of drug-likeness (QED) is 0.286. The summed E-state index contributed by atoms with van der Waals surface area (Å²) in [6.07, 6.45) is -2.94. The average Bonchev–Trinajstić information content (AvgIpc) is 3.07. The van der Waals surface area contributed by atoms with Gasteiger partial charge in [-0.15, -0.1) is 0 Å². The topological polar surface area (TPSA) is 223 Å². The summed E-state index contributed by atoms with van der Waals surface area (Å²) in [6, 6.07) is 0. The second-order valence-electron chi connectivity index (χ2n) is 5.87. The highest BCUT2D eigenvalue weighted by atomic mass is 31.2. The van der Waals surface area contributed by atoms with Crippen LogP contribution in [0.1, 0.15) is 6.23 Å².